The number of aromatic nitrogens is 2. The topological polar surface area (TPSA) is 93.7 Å². The molecule has 7 nitrogen and oxygen atoms in total. The molecule has 0 saturated carbocycles. The summed E-state index contributed by atoms with van der Waals surface area (Å²) in [5, 5.41) is 10.5. The van der Waals surface area contributed by atoms with Gasteiger partial charge >= 0.3 is 5.69 Å². The third-order valence-electron chi connectivity index (χ3n) is 4.24. The maximum absolute atomic E-state index is 12.8. The first-order chi connectivity index (χ1) is 13.3. The standard InChI is InChI=1S/C20H16ClN3O4/c1-23-18(26)15(19(27)24(2)20(23)28)11-22-16-9-8-13(21)10-14(16)17(25)12-6-4-3-5-7-12/h3-11,26H,1-2H3. The van der Waals surface area contributed by atoms with Gasteiger partial charge in [-0.3, -0.25) is 23.7 Å². The third-order valence-corrected chi connectivity index (χ3v) is 4.47. The number of hydrogen-bond acceptors (Lipinski definition) is 5. The molecule has 2 aromatic carbocycles. The highest BCUT2D eigenvalue weighted by Gasteiger charge is 2.16. The van der Waals surface area contributed by atoms with Crippen molar-refractivity contribution >= 4 is 29.3 Å². The highest BCUT2D eigenvalue weighted by Crippen LogP contribution is 2.26. The number of aromatic hydroxyl groups is 1. The minimum absolute atomic E-state index is 0.169. The van der Waals surface area contributed by atoms with Crippen molar-refractivity contribution < 1.29 is 9.90 Å². The number of halogens is 1. The van der Waals surface area contributed by atoms with E-state index < -0.39 is 17.1 Å². The lowest BCUT2D eigenvalue weighted by Gasteiger charge is -2.08. The number of nitrogens with zero attached hydrogens (tertiary/aromatic N) is 3. The van der Waals surface area contributed by atoms with E-state index in [9.17, 15) is 19.5 Å². The van der Waals surface area contributed by atoms with E-state index in [1.165, 1.54) is 20.2 Å². The third kappa shape index (κ3) is 3.52. The van der Waals surface area contributed by atoms with Gasteiger partial charge < -0.3 is 5.11 Å². The zero-order chi connectivity index (χ0) is 20.4. The second kappa shape index (κ2) is 7.66. The minimum Gasteiger partial charge on any atom is -0.494 e. The van der Waals surface area contributed by atoms with E-state index in [4.69, 9.17) is 11.6 Å². The van der Waals surface area contributed by atoms with Crippen molar-refractivity contribution in [2.75, 3.05) is 0 Å². The molecular formula is C20H16ClN3O4. The molecule has 0 saturated heterocycles. The molecule has 1 N–H and O–H groups in total. The summed E-state index contributed by atoms with van der Waals surface area (Å²) >= 11 is 6.04. The SMILES string of the molecule is Cn1c(O)c(C=Nc2ccc(Cl)cc2C(=O)c2ccccc2)c(=O)n(C)c1=O. The van der Waals surface area contributed by atoms with E-state index >= 15 is 0 Å². The maximum Gasteiger partial charge on any atom is 0.333 e. The lowest BCUT2D eigenvalue weighted by Crippen LogP contribution is -2.38. The second-order valence-electron chi connectivity index (χ2n) is 6.06. The molecule has 142 valence electrons. The molecule has 0 radical (unpaired) electrons. The fraction of sp³-hybridized carbons (Fsp3) is 0.100. The lowest BCUT2D eigenvalue weighted by atomic mass is 10.0. The number of carbonyl (C=O) groups is 1. The molecule has 28 heavy (non-hydrogen) atoms. The van der Waals surface area contributed by atoms with Crippen molar-refractivity contribution in [2.45, 2.75) is 0 Å². The molecule has 0 aliphatic carbocycles. The average molecular weight is 398 g/mol. The molecule has 0 fully saturated rings. The van der Waals surface area contributed by atoms with Gasteiger partial charge in [-0.15, -0.1) is 0 Å². The maximum atomic E-state index is 12.8. The zero-order valence-electron chi connectivity index (χ0n) is 15.1. The van der Waals surface area contributed by atoms with Crippen LogP contribution < -0.4 is 11.2 Å². The Balaban J connectivity index is 2.11. The number of ketones is 1. The van der Waals surface area contributed by atoms with Gasteiger partial charge in [0, 0.05) is 36.5 Å². The first-order valence-electron chi connectivity index (χ1n) is 8.23. The first-order valence-corrected chi connectivity index (χ1v) is 8.61. The van der Waals surface area contributed by atoms with Crippen LogP contribution in [0.2, 0.25) is 5.02 Å². The molecule has 0 aliphatic rings. The van der Waals surface area contributed by atoms with E-state index in [0.29, 0.717) is 10.6 Å². The van der Waals surface area contributed by atoms with E-state index in [1.807, 2.05) is 0 Å². The highest BCUT2D eigenvalue weighted by atomic mass is 35.5. The molecule has 1 aromatic heterocycles. The summed E-state index contributed by atoms with van der Waals surface area (Å²) in [6.45, 7) is 0. The monoisotopic (exact) mass is 397 g/mol. The zero-order valence-corrected chi connectivity index (χ0v) is 15.8. The predicted octanol–water partition coefficient (Wildman–Crippen LogP) is 2.42. The van der Waals surface area contributed by atoms with Crippen molar-refractivity contribution in [1.29, 1.82) is 0 Å². The molecule has 0 aliphatic heterocycles. The van der Waals surface area contributed by atoms with Crippen LogP contribution in [-0.4, -0.2) is 26.2 Å². The van der Waals surface area contributed by atoms with Gasteiger partial charge in [0.25, 0.3) is 5.56 Å². The number of benzene rings is 2. The van der Waals surface area contributed by atoms with Gasteiger partial charge in [-0.25, -0.2) is 4.79 Å². The van der Waals surface area contributed by atoms with Crippen LogP contribution in [0.1, 0.15) is 21.5 Å². The Labute approximate surface area is 164 Å². The summed E-state index contributed by atoms with van der Waals surface area (Å²) < 4.78 is 1.79. The molecule has 3 aromatic rings. The van der Waals surface area contributed by atoms with Crippen LogP contribution in [0, 0.1) is 0 Å². The Bertz CT molecular complexity index is 1210. The predicted molar refractivity (Wildman–Crippen MR) is 107 cm³/mol. The van der Waals surface area contributed by atoms with Crippen LogP contribution in [0.4, 0.5) is 5.69 Å². The Kier molecular flexibility index (Phi) is 5.28. The quantitative estimate of drug-likeness (QED) is 0.540. The Morgan fingerprint density at radius 1 is 1.07 bits per heavy atom. The van der Waals surface area contributed by atoms with Crippen molar-refractivity contribution in [3.8, 4) is 5.88 Å². The van der Waals surface area contributed by atoms with Crippen molar-refractivity contribution in [3.05, 3.63) is 91.1 Å². The minimum atomic E-state index is -0.700. The van der Waals surface area contributed by atoms with Crippen molar-refractivity contribution in [1.82, 2.24) is 9.13 Å². The Morgan fingerprint density at radius 2 is 1.75 bits per heavy atom. The second-order valence-corrected chi connectivity index (χ2v) is 6.49. The van der Waals surface area contributed by atoms with E-state index in [-0.39, 0.29) is 22.6 Å². The Morgan fingerprint density at radius 3 is 2.43 bits per heavy atom. The molecule has 0 atom stereocenters. The largest absolute Gasteiger partial charge is 0.494 e. The van der Waals surface area contributed by atoms with E-state index in [0.717, 1.165) is 15.3 Å². The van der Waals surface area contributed by atoms with Gasteiger partial charge in [0.05, 0.1) is 5.69 Å². The van der Waals surface area contributed by atoms with Gasteiger partial charge in [0.1, 0.15) is 5.56 Å². The van der Waals surface area contributed by atoms with Gasteiger partial charge in [-0.05, 0) is 18.2 Å². The molecule has 1 heterocycles. The molecule has 0 unspecified atom stereocenters. The summed E-state index contributed by atoms with van der Waals surface area (Å²) in [5.41, 5.74) is -0.551. The summed E-state index contributed by atoms with van der Waals surface area (Å²) in [4.78, 5) is 41.2. The van der Waals surface area contributed by atoms with Crippen LogP contribution in [0.15, 0.2) is 63.1 Å². The summed E-state index contributed by atoms with van der Waals surface area (Å²) in [7, 11) is 2.63. The Hall–Kier alpha value is -3.45. The van der Waals surface area contributed by atoms with Crippen LogP contribution in [0.3, 0.4) is 0 Å². The van der Waals surface area contributed by atoms with Gasteiger partial charge in [0.15, 0.2) is 5.78 Å². The average Bonchev–Trinajstić information content (AvgIpc) is 2.71. The molecule has 3 rings (SSSR count). The lowest BCUT2D eigenvalue weighted by molar-refractivity contribution is 0.103. The summed E-state index contributed by atoms with van der Waals surface area (Å²) in [6, 6.07) is 13.2. The van der Waals surface area contributed by atoms with Crippen LogP contribution in [0.5, 0.6) is 5.88 Å². The van der Waals surface area contributed by atoms with Gasteiger partial charge in [-0.2, -0.15) is 0 Å². The van der Waals surface area contributed by atoms with Crippen LogP contribution >= 0.6 is 11.6 Å². The summed E-state index contributed by atoms with van der Waals surface area (Å²) in [5.74, 6) is -0.797. The fourth-order valence-electron chi connectivity index (χ4n) is 2.65. The van der Waals surface area contributed by atoms with Crippen LogP contribution in [0.25, 0.3) is 0 Å². The van der Waals surface area contributed by atoms with Gasteiger partial charge in [0.2, 0.25) is 5.88 Å². The highest BCUT2D eigenvalue weighted by molar-refractivity contribution is 6.31. The number of carbonyl (C=O) groups excluding carboxylic acids is 1. The van der Waals surface area contributed by atoms with Crippen molar-refractivity contribution in [3.63, 3.8) is 0 Å². The van der Waals surface area contributed by atoms with Gasteiger partial charge in [-0.1, -0.05) is 41.9 Å². The molecule has 0 amide bonds. The molecule has 0 bridgehead atoms. The normalized spacial score (nSPS) is 11.1. The molecule has 0 spiro atoms. The number of hydrogen-bond donors (Lipinski definition) is 1. The first kappa shape index (κ1) is 19.3. The smallest absolute Gasteiger partial charge is 0.333 e. The van der Waals surface area contributed by atoms with Crippen LogP contribution in [-0.2, 0) is 14.1 Å². The van der Waals surface area contributed by atoms with E-state index in [1.54, 1.807) is 42.5 Å². The van der Waals surface area contributed by atoms with E-state index in [2.05, 4.69) is 4.99 Å². The number of aliphatic imine (C=N–C) groups is 1. The summed E-state index contributed by atoms with van der Waals surface area (Å²) in [6.07, 6.45) is 1.13. The fourth-order valence-corrected chi connectivity index (χ4v) is 2.83. The molecular weight excluding hydrogens is 382 g/mol. The van der Waals surface area contributed by atoms with Crippen molar-refractivity contribution in [2.24, 2.45) is 19.1 Å². The molecule has 8 heteroatoms. The number of rotatable bonds is 4.